The molecule has 0 aromatic carbocycles. The van der Waals surface area contributed by atoms with Crippen molar-refractivity contribution in [2.24, 2.45) is 15.8 Å². The molecular formula is C9H11N5O2S. The van der Waals surface area contributed by atoms with Gasteiger partial charge in [0.15, 0.2) is 16.5 Å². The highest BCUT2D eigenvalue weighted by Gasteiger charge is 2.38. The van der Waals surface area contributed by atoms with Gasteiger partial charge in [-0.25, -0.2) is 10.0 Å². The first-order valence-corrected chi connectivity index (χ1v) is 6.33. The van der Waals surface area contributed by atoms with Crippen LogP contribution in [0.15, 0.2) is 21.9 Å². The minimum atomic E-state index is -2.41. The molecule has 0 radical (unpaired) electrons. The molecule has 1 atom stereocenters. The lowest BCUT2D eigenvalue weighted by Gasteiger charge is -2.34. The first kappa shape index (κ1) is 10.5. The molecule has 0 saturated carbocycles. The van der Waals surface area contributed by atoms with Crippen LogP contribution < -0.4 is 11.1 Å². The fourth-order valence-corrected chi connectivity index (χ4v) is 2.74. The van der Waals surface area contributed by atoms with Gasteiger partial charge in [0.2, 0.25) is 10.3 Å². The number of fused-ring (bicyclic) bond motifs is 3. The van der Waals surface area contributed by atoms with E-state index in [1.165, 1.54) is 0 Å². The molecule has 0 aliphatic carbocycles. The van der Waals surface area contributed by atoms with Gasteiger partial charge in [0.05, 0.1) is 6.04 Å². The maximum Gasteiger partial charge on any atom is 0.229 e. The van der Waals surface area contributed by atoms with Crippen molar-refractivity contribution in [3.8, 4) is 0 Å². The second-order valence-corrected chi connectivity index (χ2v) is 4.90. The summed E-state index contributed by atoms with van der Waals surface area (Å²) in [5.41, 5.74) is 6.77. The monoisotopic (exact) mass is 253 g/mol. The normalized spacial score (nSPS) is 26.8. The third-order valence-corrected chi connectivity index (χ3v) is 3.76. The zero-order valence-corrected chi connectivity index (χ0v) is 9.74. The summed E-state index contributed by atoms with van der Waals surface area (Å²) in [6, 6.07) is 0.0239. The Kier molecular flexibility index (Phi) is 2.26. The Labute approximate surface area is 99.2 Å². The summed E-state index contributed by atoms with van der Waals surface area (Å²) < 4.78 is 22.2. The van der Waals surface area contributed by atoms with E-state index in [0.717, 1.165) is 25.1 Å². The quantitative estimate of drug-likeness (QED) is 0.500. The standard InChI is InChI=1S/C9H11N5O2S/c10-8-7(17(15)16)9-12-3-5-1-2-11-4-6(5)14(9)13-8/h3,6,11H,1-2,4H2,(H2,10,13). The summed E-state index contributed by atoms with van der Waals surface area (Å²) in [5, 5.41) is 8.93. The Bertz CT molecular complexity index is 593. The van der Waals surface area contributed by atoms with Crippen LogP contribution in [0.1, 0.15) is 6.42 Å². The van der Waals surface area contributed by atoms with Gasteiger partial charge in [0.25, 0.3) is 0 Å². The van der Waals surface area contributed by atoms with Crippen molar-refractivity contribution in [3.63, 3.8) is 0 Å². The number of hydrazone groups is 1. The van der Waals surface area contributed by atoms with Gasteiger partial charge in [-0.05, 0) is 18.5 Å². The van der Waals surface area contributed by atoms with E-state index in [9.17, 15) is 8.42 Å². The Morgan fingerprint density at radius 1 is 1.53 bits per heavy atom. The van der Waals surface area contributed by atoms with Gasteiger partial charge in [0.1, 0.15) is 0 Å². The second kappa shape index (κ2) is 3.67. The summed E-state index contributed by atoms with van der Waals surface area (Å²) >= 11 is 0. The van der Waals surface area contributed by atoms with E-state index in [1.807, 2.05) is 0 Å². The SMILES string of the molecule is NC1=NN2C(=NC=C3CCNCC32)C1=S(=O)=O. The summed E-state index contributed by atoms with van der Waals surface area (Å²) in [4.78, 5) is 4.15. The maximum absolute atomic E-state index is 11.1. The number of nitrogens with one attached hydrogen (secondary N) is 1. The van der Waals surface area contributed by atoms with Crippen molar-refractivity contribution in [2.75, 3.05) is 13.1 Å². The molecule has 1 fully saturated rings. The van der Waals surface area contributed by atoms with Crippen molar-refractivity contribution in [1.82, 2.24) is 10.3 Å². The van der Waals surface area contributed by atoms with E-state index in [4.69, 9.17) is 5.73 Å². The van der Waals surface area contributed by atoms with E-state index < -0.39 is 10.3 Å². The van der Waals surface area contributed by atoms with Crippen LogP contribution in [0.5, 0.6) is 0 Å². The van der Waals surface area contributed by atoms with Crippen LogP contribution in [-0.2, 0) is 10.3 Å². The lowest BCUT2D eigenvalue weighted by Crippen LogP contribution is -2.49. The van der Waals surface area contributed by atoms with Crippen molar-refractivity contribution in [2.45, 2.75) is 12.5 Å². The molecule has 0 aromatic rings. The number of amidine groups is 2. The molecule has 0 amide bonds. The number of hydrogen-bond acceptors (Lipinski definition) is 7. The van der Waals surface area contributed by atoms with Gasteiger partial charge in [-0.1, -0.05) is 0 Å². The van der Waals surface area contributed by atoms with Crippen molar-refractivity contribution in [3.05, 3.63) is 11.8 Å². The fraction of sp³-hybridized carbons (Fsp3) is 0.444. The van der Waals surface area contributed by atoms with Gasteiger partial charge in [0, 0.05) is 12.7 Å². The number of hydrogen-bond donors (Lipinski definition) is 2. The first-order valence-electron chi connectivity index (χ1n) is 5.26. The zero-order valence-electron chi connectivity index (χ0n) is 8.92. The number of rotatable bonds is 0. The molecule has 8 heteroatoms. The fourth-order valence-electron chi connectivity index (χ4n) is 2.23. The van der Waals surface area contributed by atoms with Gasteiger partial charge < -0.3 is 11.1 Å². The van der Waals surface area contributed by atoms with Crippen LogP contribution in [0.4, 0.5) is 0 Å². The summed E-state index contributed by atoms with van der Waals surface area (Å²) in [5.74, 6) is 0.339. The van der Waals surface area contributed by atoms with Crippen LogP contribution in [0, 0.1) is 0 Å². The molecule has 3 rings (SSSR count). The Balaban J connectivity index is 2.12. The lowest BCUT2D eigenvalue weighted by molar-refractivity contribution is 0.324. The molecule has 1 saturated heterocycles. The summed E-state index contributed by atoms with van der Waals surface area (Å²) in [6.07, 6.45) is 2.63. The van der Waals surface area contributed by atoms with E-state index in [1.54, 1.807) is 11.2 Å². The molecule has 0 aromatic heterocycles. The van der Waals surface area contributed by atoms with E-state index in [0.29, 0.717) is 5.84 Å². The largest absolute Gasteiger partial charge is 0.381 e. The summed E-state index contributed by atoms with van der Waals surface area (Å²) in [7, 11) is -2.41. The predicted molar refractivity (Wildman–Crippen MR) is 64.2 cm³/mol. The molecule has 0 spiro atoms. The highest BCUT2D eigenvalue weighted by molar-refractivity contribution is 7.77. The second-order valence-electron chi connectivity index (χ2n) is 4.02. The molecule has 0 bridgehead atoms. The topological polar surface area (TPSA) is 100 Å². The van der Waals surface area contributed by atoms with E-state index in [-0.39, 0.29) is 16.7 Å². The molecule has 3 aliphatic rings. The predicted octanol–water partition coefficient (Wildman–Crippen LogP) is -1.72. The van der Waals surface area contributed by atoms with Crippen LogP contribution >= 0.6 is 0 Å². The van der Waals surface area contributed by atoms with Crippen LogP contribution in [0.3, 0.4) is 0 Å². The molecule has 3 N–H and O–H groups in total. The van der Waals surface area contributed by atoms with Crippen LogP contribution in [0.25, 0.3) is 0 Å². The Hall–Kier alpha value is -1.67. The van der Waals surface area contributed by atoms with Crippen LogP contribution in [-0.4, -0.2) is 49.1 Å². The molecule has 1 unspecified atom stereocenters. The van der Waals surface area contributed by atoms with E-state index in [2.05, 4.69) is 15.4 Å². The zero-order chi connectivity index (χ0) is 12.0. The lowest BCUT2D eigenvalue weighted by atomic mass is 9.99. The van der Waals surface area contributed by atoms with Crippen molar-refractivity contribution >= 4 is 26.8 Å². The van der Waals surface area contributed by atoms with Crippen LogP contribution in [0.2, 0.25) is 0 Å². The number of nitrogens with two attached hydrogens (primary N) is 1. The van der Waals surface area contributed by atoms with Gasteiger partial charge >= 0.3 is 0 Å². The maximum atomic E-state index is 11.1. The molecular weight excluding hydrogens is 242 g/mol. The first-order chi connectivity index (χ1) is 8.18. The van der Waals surface area contributed by atoms with Crippen molar-refractivity contribution in [1.29, 1.82) is 0 Å². The van der Waals surface area contributed by atoms with E-state index >= 15 is 0 Å². The Morgan fingerprint density at radius 2 is 2.35 bits per heavy atom. The third-order valence-electron chi connectivity index (χ3n) is 3.04. The molecule has 3 aliphatic heterocycles. The number of nitrogens with zero attached hydrogens (tertiary/aromatic N) is 3. The summed E-state index contributed by atoms with van der Waals surface area (Å²) in [6.45, 7) is 1.63. The minimum absolute atomic E-state index is 0.00845. The molecule has 3 heterocycles. The number of piperidine rings is 1. The highest BCUT2D eigenvalue weighted by atomic mass is 32.2. The van der Waals surface area contributed by atoms with Gasteiger partial charge in [-0.2, -0.15) is 13.5 Å². The highest BCUT2D eigenvalue weighted by Crippen LogP contribution is 2.25. The molecule has 90 valence electrons. The van der Waals surface area contributed by atoms with Crippen molar-refractivity contribution < 1.29 is 8.42 Å². The van der Waals surface area contributed by atoms with Gasteiger partial charge in [-0.15, -0.1) is 0 Å². The third kappa shape index (κ3) is 1.48. The van der Waals surface area contributed by atoms with Gasteiger partial charge in [-0.3, -0.25) is 0 Å². The Morgan fingerprint density at radius 3 is 3.12 bits per heavy atom. The average Bonchev–Trinajstić information content (AvgIpc) is 2.65. The minimum Gasteiger partial charge on any atom is -0.381 e. The smallest absolute Gasteiger partial charge is 0.229 e. The average molecular weight is 253 g/mol. The molecule has 17 heavy (non-hydrogen) atoms. The number of aliphatic imine (C=N–C) groups is 1. The molecule has 7 nitrogen and oxygen atoms in total.